The molecule has 1 unspecified atom stereocenters. The van der Waals surface area contributed by atoms with Gasteiger partial charge in [0.2, 0.25) is 18.0 Å². The van der Waals surface area contributed by atoms with Crippen LogP contribution in [0.25, 0.3) is 0 Å². The number of hydrogen-bond donors (Lipinski definition) is 0. The van der Waals surface area contributed by atoms with Crippen LogP contribution in [0.2, 0.25) is 0 Å². The van der Waals surface area contributed by atoms with E-state index in [9.17, 15) is 4.79 Å². The number of hydrazone groups is 1. The highest BCUT2D eigenvalue weighted by Gasteiger charge is 2.35. The number of ether oxygens (including phenoxy) is 3. The van der Waals surface area contributed by atoms with Gasteiger partial charge >= 0.3 is 0 Å². The fraction of sp³-hybridized carbons (Fsp3) is 0.222. The molecule has 1 aliphatic rings. The van der Waals surface area contributed by atoms with Gasteiger partial charge in [0.25, 0.3) is 0 Å². The number of carbonyl (C=O) groups is 1. The molecule has 8 heteroatoms. The second-order valence-electron chi connectivity index (χ2n) is 5.48. The average molecular weight is 531 g/mol. The topological polar surface area (TPSA) is 60.4 Å². The largest absolute Gasteiger partial charge is 0.496 e. The normalized spacial score (nSPS) is 16.1. The molecule has 0 saturated heterocycles. The highest BCUT2D eigenvalue weighted by molar-refractivity contribution is 14.1. The van der Waals surface area contributed by atoms with E-state index in [-0.39, 0.29) is 5.91 Å². The Morgan fingerprint density at radius 1 is 1.23 bits per heavy atom. The maximum absolute atomic E-state index is 12.1. The molecule has 0 bridgehead atoms. The van der Waals surface area contributed by atoms with Gasteiger partial charge in [0, 0.05) is 22.1 Å². The van der Waals surface area contributed by atoms with Crippen molar-refractivity contribution >= 4 is 50.3 Å². The molecule has 3 rings (SSSR count). The zero-order chi connectivity index (χ0) is 18.8. The standard InChI is InChI=1S/C18H16BrIN2O4/c1-10(23)22-18(13-8-14(19)16(25-3)9-15(13)24-2)26-17(21-22)11-5-4-6-12(20)7-11/h4-9,18H,1-3H3. The van der Waals surface area contributed by atoms with Gasteiger partial charge in [-0.2, -0.15) is 5.01 Å². The Kier molecular flexibility index (Phi) is 5.71. The Labute approximate surface area is 173 Å². The van der Waals surface area contributed by atoms with Gasteiger partial charge in [-0.1, -0.05) is 6.07 Å². The van der Waals surface area contributed by atoms with Crippen molar-refractivity contribution in [3.8, 4) is 11.5 Å². The Bertz CT molecular complexity index is 887. The molecule has 0 spiro atoms. The first-order valence-electron chi connectivity index (χ1n) is 7.67. The number of carbonyl (C=O) groups excluding carboxylic acids is 1. The lowest BCUT2D eigenvalue weighted by molar-refractivity contribution is -0.135. The van der Waals surface area contributed by atoms with E-state index in [1.807, 2.05) is 30.3 Å². The van der Waals surface area contributed by atoms with Crippen LogP contribution in [-0.4, -0.2) is 31.0 Å². The molecule has 1 heterocycles. The Morgan fingerprint density at radius 2 is 1.96 bits per heavy atom. The summed E-state index contributed by atoms with van der Waals surface area (Å²) in [6, 6.07) is 11.3. The maximum Gasteiger partial charge on any atom is 0.243 e. The molecule has 0 fully saturated rings. The van der Waals surface area contributed by atoms with Crippen LogP contribution in [0.5, 0.6) is 11.5 Å². The quantitative estimate of drug-likeness (QED) is 0.553. The Hall–Kier alpha value is -1.81. The Balaban J connectivity index is 2.03. The van der Waals surface area contributed by atoms with Crippen molar-refractivity contribution in [2.45, 2.75) is 13.2 Å². The van der Waals surface area contributed by atoms with Gasteiger partial charge in [0.05, 0.1) is 24.3 Å². The molecule has 1 atom stereocenters. The summed E-state index contributed by atoms with van der Waals surface area (Å²) in [4.78, 5) is 12.1. The molecule has 0 saturated carbocycles. The molecule has 0 aromatic heterocycles. The van der Waals surface area contributed by atoms with E-state index in [0.717, 1.165) is 13.6 Å². The van der Waals surface area contributed by atoms with Crippen LogP contribution in [0.15, 0.2) is 46.0 Å². The fourth-order valence-electron chi connectivity index (χ4n) is 2.58. The number of nitrogens with zero attached hydrogens (tertiary/aromatic N) is 2. The predicted molar refractivity (Wildman–Crippen MR) is 109 cm³/mol. The molecule has 1 aliphatic heterocycles. The molecule has 136 valence electrons. The van der Waals surface area contributed by atoms with E-state index in [4.69, 9.17) is 14.2 Å². The first kappa shape index (κ1) is 19.0. The van der Waals surface area contributed by atoms with Crippen LogP contribution >= 0.6 is 38.5 Å². The third kappa shape index (κ3) is 3.66. The zero-order valence-electron chi connectivity index (χ0n) is 14.3. The van der Waals surface area contributed by atoms with Crippen molar-refractivity contribution in [3.05, 3.63) is 55.6 Å². The average Bonchev–Trinajstić information content (AvgIpc) is 3.07. The van der Waals surface area contributed by atoms with Crippen LogP contribution in [0.4, 0.5) is 0 Å². The van der Waals surface area contributed by atoms with Gasteiger partial charge in [0.15, 0.2) is 0 Å². The van der Waals surface area contributed by atoms with E-state index < -0.39 is 6.23 Å². The monoisotopic (exact) mass is 530 g/mol. The van der Waals surface area contributed by atoms with E-state index in [2.05, 4.69) is 43.6 Å². The van der Waals surface area contributed by atoms with Crippen molar-refractivity contribution in [2.75, 3.05) is 14.2 Å². The number of hydrogen-bond acceptors (Lipinski definition) is 5. The van der Waals surface area contributed by atoms with Crippen LogP contribution in [-0.2, 0) is 9.53 Å². The van der Waals surface area contributed by atoms with Gasteiger partial charge in [-0.3, -0.25) is 4.79 Å². The van der Waals surface area contributed by atoms with E-state index in [1.54, 1.807) is 20.3 Å². The first-order valence-corrected chi connectivity index (χ1v) is 9.54. The number of amides is 1. The molecule has 0 N–H and O–H groups in total. The van der Waals surface area contributed by atoms with Crippen LogP contribution < -0.4 is 9.47 Å². The van der Waals surface area contributed by atoms with Crippen molar-refractivity contribution < 1.29 is 19.0 Å². The smallest absolute Gasteiger partial charge is 0.243 e. The molecule has 6 nitrogen and oxygen atoms in total. The summed E-state index contributed by atoms with van der Waals surface area (Å²) < 4.78 is 18.6. The lowest BCUT2D eigenvalue weighted by Crippen LogP contribution is -2.25. The molecule has 2 aromatic rings. The molecule has 1 amide bonds. The summed E-state index contributed by atoms with van der Waals surface area (Å²) in [6.45, 7) is 1.45. The summed E-state index contributed by atoms with van der Waals surface area (Å²) in [5.74, 6) is 1.32. The third-order valence-corrected chi connectivity index (χ3v) is 5.10. The summed E-state index contributed by atoms with van der Waals surface area (Å²) in [5.41, 5.74) is 1.47. The molecule has 0 radical (unpaired) electrons. The van der Waals surface area contributed by atoms with Crippen molar-refractivity contribution in [1.82, 2.24) is 5.01 Å². The predicted octanol–water partition coefficient (Wildman–Crippen LogP) is 4.31. The minimum Gasteiger partial charge on any atom is -0.496 e. The van der Waals surface area contributed by atoms with Crippen LogP contribution in [0.3, 0.4) is 0 Å². The fourth-order valence-corrected chi connectivity index (χ4v) is 3.65. The highest BCUT2D eigenvalue weighted by atomic mass is 127. The summed E-state index contributed by atoms with van der Waals surface area (Å²) in [7, 11) is 3.13. The Morgan fingerprint density at radius 3 is 2.58 bits per heavy atom. The van der Waals surface area contributed by atoms with E-state index in [0.29, 0.717) is 23.0 Å². The van der Waals surface area contributed by atoms with E-state index >= 15 is 0 Å². The lowest BCUT2D eigenvalue weighted by Gasteiger charge is -2.22. The number of rotatable bonds is 4. The SMILES string of the molecule is COc1cc(OC)c(C2OC(c3cccc(I)c3)=NN2C(C)=O)cc1Br. The van der Waals surface area contributed by atoms with Crippen LogP contribution in [0.1, 0.15) is 24.3 Å². The molecule has 2 aromatic carbocycles. The highest BCUT2D eigenvalue weighted by Crippen LogP contribution is 2.40. The number of halogens is 2. The van der Waals surface area contributed by atoms with Crippen molar-refractivity contribution in [3.63, 3.8) is 0 Å². The van der Waals surface area contributed by atoms with Crippen molar-refractivity contribution in [2.24, 2.45) is 5.10 Å². The molecule has 26 heavy (non-hydrogen) atoms. The maximum atomic E-state index is 12.1. The number of methoxy groups -OCH3 is 2. The second-order valence-corrected chi connectivity index (χ2v) is 7.58. The minimum atomic E-state index is -0.725. The molecular weight excluding hydrogens is 515 g/mol. The minimum absolute atomic E-state index is 0.232. The molecular formula is C18H16BrIN2O4. The van der Waals surface area contributed by atoms with Gasteiger partial charge in [-0.05, 0) is 62.8 Å². The summed E-state index contributed by atoms with van der Waals surface area (Å²) >= 11 is 5.69. The van der Waals surface area contributed by atoms with Gasteiger partial charge < -0.3 is 14.2 Å². The second kappa shape index (κ2) is 7.83. The van der Waals surface area contributed by atoms with Gasteiger partial charge in [-0.25, -0.2) is 0 Å². The third-order valence-electron chi connectivity index (χ3n) is 3.81. The lowest BCUT2D eigenvalue weighted by atomic mass is 10.1. The summed E-state index contributed by atoms with van der Waals surface area (Å²) in [5, 5.41) is 5.69. The van der Waals surface area contributed by atoms with Gasteiger partial charge in [-0.15, -0.1) is 5.10 Å². The number of benzene rings is 2. The zero-order valence-corrected chi connectivity index (χ0v) is 18.1. The van der Waals surface area contributed by atoms with E-state index in [1.165, 1.54) is 11.9 Å². The first-order chi connectivity index (χ1) is 12.4. The molecule has 0 aliphatic carbocycles. The summed E-state index contributed by atoms with van der Waals surface area (Å²) in [6.07, 6.45) is -0.725. The van der Waals surface area contributed by atoms with Gasteiger partial charge in [0.1, 0.15) is 11.5 Å². The van der Waals surface area contributed by atoms with Crippen molar-refractivity contribution in [1.29, 1.82) is 0 Å². The van der Waals surface area contributed by atoms with Crippen LogP contribution in [0, 0.1) is 3.57 Å².